The minimum absolute atomic E-state index is 0.126. The molecule has 3 unspecified atom stereocenters. The van der Waals surface area contributed by atoms with Gasteiger partial charge in [0.15, 0.2) is 0 Å². The lowest BCUT2D eigenvalue weighted by Gasteiger charge is -2.35. The first-order valence-electron chi connectivity index (χ1n) is 6.24. The van der Waals surface area contributed by atoms with Gasteiger partial charge >= 0.3 is 0 Å². The van der Waals surface area contributed by atoms with Crippen LogP contribution in [0.4, 0.5) is 0 Å². The molecule has 0 amide bonds. The summed E-state index contributed by atoms with van der Waals surface area (Å²) in [5.74, 6) is 0.557. The molecule has 4 nitrogen and oxygen atoms in total. The fraction of sp³-hybridized carbons (Fsp3) is 0.267. The van der Waals surface area contributed by atoms with Gasteiger partial charge < -0.3 is 14.9 Å². The molecular weight excluding hydrogens is 242 g/mol. The number of aromatic hydroxyl groups is 1. The number of phenols is 1. The van der Waals surface area contributed by atoms with Gasteiger partial charge in [-0.05, 0) is 36.8 Å². The normalized spacial score (nSPS) is 25.5. The zero-order chi connectivity index (χ0) is 13.4. The molecule has 4 heteroatoms. The van der Waals surface area contributed by atoms with E-state index in [1.54, 1.807) is 30.6 Å². The molecule has 0 saturated carbocycles. The Labute approximate surface area is 111 Å². The summed E-state index contributed by atoms with van der Waals surface area (Å²) in [5.41, 5.74) is 1.54. The minimum atomic E-state index is -0.713. The molecular formula is C15H15NO3. The Morgan fingerprint density at radius 3 is 2.84 bits per heavy atom. The van der Waals surface area contributed by atoms with Crippen LogP contribution >= 0.6 is 0 Å². The van der Waals surface area contributed by atoms with Crippen molar-refractivity contribution in [2.75, 3.05) is 0 Å². The van der Waals surface area contributed by atoms with Crippen LogP contribution in [-0.2, 0) is 0 Å². The second-order valence-corrected chi connectivity index (χ2v) is 4.80. The van der Waals surface area contributed by atoms with Crippen LogP contribution in [0.1, 0.15) is 30.1 Å². The van der Waals surface area contributed by atoms with Crippen molar-refractivity contribution in [3.63, 3.8) is 0 Å². The van der Waals surface area contributed by atoms with E-state index in [2.05, 4.69) is 4.98 Å². The summed E-state index contributed by atoms with van der Waals surface area (Å²) in [6.07, 6.45) is 2.57. The number of aliphatic hydroxyl groups is 1. The lowest BCUT2D eigenvalue weighted by atomic mass is 9.83. The van der Waals surface area contributed by atoms with E-state index < -0.39 is 6.10 Å². The topological polar surface area (TPSA) is 62.6 Å². The van der Waals surface area contributed by atoms with Crippen molar-refractivity contribution in [3.8, 4) is 11.5 Å². The molecule has 0 radical (unpaired) electrons. The van der Waals surface area contributed by atoms with Crippen LogP contribution in [-0.4, -0.2) is 21.3 Å². The van der Waals surface area contributed by atoms with Crippen LogP contribution in [0, 0.1) is 0 Å². The Bertz CT molecular complexity index is 585. The van der Waals surface area contributed by atoms with Gasteiger partial charge in [-0.25, -0.2) is 0 Å². The van der Waals surface area contributed by atoms with E-state index in [0.29, 0.717) is 11.3 Å². The van der Waals surface area contributed by atoms with Crippen molar-refractivity contribution >= 4 is 0 Å². The largest absolute Gasteiger partial charge is 0.508 e. The maximum Gasteiger partial charge on any atom is 0.125 e. The molecule has 98 valence electrons. The van der Waals surface area contributed by atoms with E-state index in [0.717, 1.165) is 5.56 Å². The number of hydrogen-bond donors (Lipinski definition) is 2. The highest BCUT2D eigenvalue weighted by molar-refractivity contribution is 5.44. The van der Waals surface area contributed by atoms with Crippen molar-refractivity contribution in [3.05, 3.63) is 53.9 Å². The van der Waals surface area contributed by atoms with Gasteiger partial charge in [0.2, 0.25) is 0 Å². The number of rotatable bonds is 1. The highest BCUT2D eigenvalue weighted by atomic mass is 16.5. The molecule has 1 aromatic carbocycles. The summed E-state index contributed by atoms with van der Waals surface area (Å²) in [6.45, 7) is 1.93. The molecule has 0 saturated heterocycles. The van der Waals surface area contributed by atoms with Gasteiger partial charge in [-0.3, -0.25) is 4.98 Å². The van der Waals surface area contributed by atoms with Gasteiger partial charge in [-0.15, -0.1) is 0 Å². The SMILES string of the molecule is CC1Oc2ccc(O)cc2C(O)C1c1cccnc1. The third-order valence-corrected chi connectivity index (χ3v) is 3.54. The number of aromatic nitrogens is 1. The first-order valence-corrected chi connectivity index (χ1v) is 6.24. The van der Waals surface area contributed by atoms with Gasteiger partial charge in [0.05, 0.1) is 12.0 Å². The maximum absolute atomic E-state index is 10.6. The molecule has 0 spiro atoms. The molecule has 2 aromatic rings. The zero-order valence-electron chi connectivity index (χ0n) is 10.5. The van der Waals surface area contributed by atoms with E-state index in [1.807, 2.05) is 19.1 Å². The van der Waals surface area contributed by atoms with Crippen LogP contribution in [0.2, 0.25) is 0 Å². The molecule has 1 aliphatic rings. The summed E-state index contributed by atoms with van der Waals surface area (Å²) in [6, 6.07) is 8.56. The van der Waals surface area contributed by atoms with Crippen LogP contribution in [0.5, 0.6) is 11.5 Å². The van der Waals surface area contributed by atoms with E-state index >= 15 is 0 Å². The van der Waals surface area contributed by atoms with Gasteiger partial charge in [0.25, 0.3) is 0 Å². The summed E-state index contributed by atoms with van der Waals surface area (Å²) < 4.78 is 5.83. The Balaban J connectivity index is 2.05. The Kier molecular flexibility index (Phi) is 2.87. The van der Waals surface area contributed by atoms with Gasteiger partial charge in [0, 0.05) is 18.0 Å². The number of ether oxygens (including phenoxy) is 1. The lowest BCUT2D eigenvalue weighted by molar-refractivity contribution is 0.0470. The molecule has 3 atom stereocenters. The highest BCUT2D eigenvalue weighted by Crippen LogP contribution is 2.44. The summed E-state index contributed by atoms with van der Waals surface area (Å²) >= 11 is 0. The molecule has 0 bridgehead atoms. The van der Waals surface area contributed by atoms with Gasteiger partial charge in [-0.2, -0.15) is 0 Å². The number of fused-ring (bicyclic) bond motifs is 1. The fourth-order valence-corrected chi connectivity index (χ4v) is 2.62. The lowest BCUT2D eigenvalue weighted by Crippen LogP contribution is -2.32. The molecule has 2 N–H and O–H groups in total. The first kappa shape index (κ1) is 12.0. The summed E-state index contributed by atoms with van der Waals surface area (Å²) in [7, 11) is 0. The second kappa shape index (κ2) is 4.55. The second-order valence-electron chi connectivity index (χ2n) is 4.80. The maximum atomic E-state index is 10.6. The molecule has 1 aliphatic heterocycles. The minimum Gasteiger partial charge on any atom is -0.508 e. The molecule has 0 aliphatic carbocycles. The van der Waals surface area contributed by atoms with Crippen LogP contribution < -0.4 is 4.74 Å². The summed E-state index contributed by atoms with van der Waals surface area (Å²) in [5, 5.41) is 20.1. The fourth-order valence-electron chi connectivity index (χ4n) is 2.62. The van der Waals surface area contributed by atoms with E-state index in [1.165, 1.54) is 0 Å². The van der Waals surface area contributed by atoms with Crippen LogP contribution in [0.15, 0.2) is 42.7 Å². The smallest absolute Gasteiger partial charge is 0.125 e. The monoisotopic (exact) mass is 257 g/mol. The predicted octanol–water partition coefficient (Wildman–Crippen LogP) is 2.39. The van der Waals surface area contributed by atoms with Crippen LogP contribution in [0.3, 0.4) is 0 Å². The summed E-state index contributed by atoms with van der Waals surface area (Å²) in [4.78, 5) is 4.09. The van der Waals surface area contributed by atoms with E-state index in [-0.39, 0.29) is 17.8 Å². The first-order chi connectivity index (χ1) is 9.16. The van der Waals surface area contributed by atoms with Gasteiger partial charge in [0.1, 0.15) is 17.6 Å². The number of nitrogens with zero attached hydrogens (tertiary/aromatic N) is 1. The van der Waals surface area contributed by atoms with Gasteiger partial charge in [-0.1, -0.05) is 6.07 Å². The third-order valence-electron chi connectivity index (χ3n) is 3.54. The van der Waals surface area contributed by atoms with E-state index in [4.69, 9.17) is 4.74 Å². The highest BCUT2D eigenvalue weighted by Gasteiger charge is 2.36. The van der Waals surface area contributed by atoms with E-state index in [9.17, 15) is 10.2 Å². The number of aliphatic hydroxyl groups excluding tert-OH is 1. The van der Waals surface area contributed by atoms with Crippen molar-refractivity contribution < 1.29 is 14.9 Å². The third kappa shape index (κ3) is 2.04. The zero-order valence-corrected chi connectivity index (χ0v) is 10.5. The molecule has 0 fully saturated rings. The predicted molar refractivity (Wildman–Crippen MR) is 70.1 cm³/mol. The number of hydrogen-bond acceptors (Lipinski definition) is 4. The number of phenolic OH excluding ortho intramolecular Hbond substituents is 1. The Morgan fingerprint density at radius 1 is 1.26 bits per heavy atom. The standard InChI is InChI=1S/C15H15NO3/c1-9-14(10-3-2-6-16-8-10)15(18)12-7-11(17)4-5-13(12)19-9/h2-9,14-15,17-18H,1H3. The Hall–Kier alpha value is -2.07. The number of pyridine rings is 1. The number of benzene rings is 1. The quantitative estimate of drug-likeness (QED) is 0.823. The molecule has 3 rings (SSSR count). The van der Waals surface area contributed by atoms with Crippen molar-refractivity contribution in [2.24, 2.45) is 0 Å². The van der Waals surface area contributed by atoms with Crippen molar-refractivity contribution in [2.45, 2.75) is 25.0 Å². The van der Waals surface area contributed by atoms with Crippen molar-refractivity contribution in [1.82, 2.24) is 4.98 Å². The van der Waals surface area contributed by atoms with Crippen LogP contribution in [0.25, 0.3) is 0 Å². The Morgan fingerprint density at radius 2 is 2.11 bits per heavy atom. The molecule has 1 aromatic heterocycles. The average molecular weight is 257 g/mol. The average Bonchev–Trinajstić information content (AvgIpc) is 2.41. The molecule has 19 heavy (non-hydrogen) atoms. The van der Waals surface area contributed by atoms with Crippen molar-refractivity contribution in [1.29, 1.82) is 0 Å². The molecule has 2 heterocycles.